The van der Waals surface area contributed by atoms with E-state index in [-0.39, 0.29) is 24.8 Å². The fourth-order valence-electron chi connectivity index (χ4n) is 4.56. The third-order valence-corrected chi connectivity index (χ3v) is 8.72. The van der Waals surface area contributed by atoms with E-state index >= 15 is 4.39 Å². The summed E-state index contributed by atoms with van der Waals surface area (Å²) in [6.45, 7) is 0.561. The van der Waals surface area contributed by atoms with Crippen molar-refractivity contribution in [1.29, 1.82) is 0 Å². The van der Waals surface area contributed by atoms with Gasteiger partial charge in [-0.2, -0.15) is 5.09 Å². The molecule has 1 aromatic carbocycles. The molecule has 1 unspecified atom stereocenters. The zero-order valence-corrected chi connectivity index (χ0v) is 22.9. The summed E-state index contributed by atoms with van der Waals surface area (Å²) in [4.78, 5) is 37.2. The van der Waals surface area contributed by atoms with E-state index < -0.39 is 61.9 Å². The number of ether oxygens (including phenoxy) is 2. The van der Waals surface area contributed by atoms with Crippen molar-refractivity contribution < 1.29 is 47.0 Å². The summed E-state index contributed by atoms with van der Waals surface area (Å²) in [5.41, 5.74) is 0. The Morgan fingerprint density at radius 2 is 2.00 bits per heavy atom. The maximum Gasteiger partial charge on any atom is 0.459 e. The minimum absolute atomic E-state index is 0.116. The van der Waals surface area contributed by atoms with Crippen molar-refractivity contribution >= 4 is 37.3 Å². The molecule has 12 nitrogen and oxygen atoms in total. The summed E-state index contributed by atoms with van der Waals surface area (Å²) in [6, 6.07) is 5.97. The predicted octanol–water partition coefficient (Wildman–Crippen LogP) is 2.98. The van der Waals surface area contributed by atoms with Crippen molar-refractivity contribution in [3.8, 4) is 5.75 Å². The molecular formula is C24H32ClFN3O9P. The number of hydrogen-bond donors (Lipinski definition) is 3. The number of nitrogens with one attached hydrogen (secondary N) is 2. The van der Waals surface area contributed by atoms with Crippen LogP contribution in [0.25, 0.3) is 0 Å². The van der Waals surface area contributed by atoms with Gasteiger partial charge in [-0.25, -0.2) is 13.8 Å². The average molecular weight is 592 g/mol. The number of benzene rings is 1. The van der Waals surface area contributed by atoms with E-state index in [1.54, 1.807) is 18.2 Å². The third kappa shape index (κ3) is 7.27. The van der Waals surface area contributed by atoms with E-state index in [4.69, 9.17) is 30.1 Å². The highest BCUT2D eigenvalue weighted by Gasteiger charge is 2.60. The molecule has 3 N–H and O–H groups in total. The van der Waals surface area contributed by atoms with Crippen LogP contribution in [0, 0.1) is 0 Å². The lowest BCUT2D eigenvalue weighted by molar-refractivity contribution is -0.152. The van der Waals surface area contributed by atoms with Gasteiger partial charge < -0.3 is 19.1 Å². The Kier molecular flexibility index (Phi) is 9.51. The van der Waals surface area contributed by atoms with Gasteiger partial charge in [-0.05, 0) is 44.7 Å². The van der Waals surface area contributed by atoms with Crippen LogP contribution in [-0.4, -0.2) is 76.8 Å². The number of esters is 1. The number of rotatable bonds is 10. The molecule has 2 heterocycles. The Bertz CT molecular complexity index is 1090. The number of para-hydroxylation sites is 1. The molecule has 15 heteroatoms. The monoisotopic (exact) mass is 591 g/mol. The highest BCUT2D eigenvalue weighted by Crippen LogP contribution is 2.47. The number of carbonyl (C=O) groups excluding carboxylic acids is 3. The van der Waals surface area contributed by atoms with Gasteiger partial charge in [0.05, 0.1) is 6.61 Å². The molecule has 0 spiro atoms. The lowest BCUT2D eigenvalue weighted by Gasteiger charge is -2.34. The molecule has 2 aliphatic heterocycles. The summed E-state index contributed by atoms with van der Waals surface area (Å²) in [5, 5.41) is 12.1. The second-order valence-electron chi connectivity index (χ2n) is 9.69. The Hall–Kier alpha value is -2.28. The van der Waals surface area contributed by atoms with Gasteiger partial charge in [-0.15, -0.1) is 0 Å². The number of alkyl halides is 2. The summed E-state index contributed by atoms with van der Waals surface area (Å²) in [7, 11) is -4.34. The number of hydrogen-bond acceptors (Lipinski definition) is 9. The summed E-state index contributed by atoms with van der Waals surface area (Å²) >= 11 is 5.93. The Balaban J connectivity index is 1.44. The van der Waals surface area contributed by atoms with Gasteiger partial charge in [0, 0.05) is 13.0 Å². The first-order valence-corrected chi connectivity index (χ1v) is 14.7. The quantitative estimate of drug-likeness (QED) is 0.210. The fraction of sp³-hybridized carbons (Fsp3) is 0.625. The van der Waals surface area contributed by atoms with Gasteiger partial charge in [0.2, 0.25) is 5.91 Å². The standard InChI is InChI=1S/C24H32ClFN3O9P/c1-15(21(32)36-16-8-4-2-5-9-16)28-39(34,38-17-10-6-3-7-11-17)35-14-18-20(31)24(25,26)22(37-18)29-13-12-19(30)27-23(29)33/h3,6-7,10-11,15-16,18,20,22,31H,2,4-5,8-9,12-14H2,1H3,(H,28,34)(H,27,30,33)/t15-,18+,20+,22+,24+,39?/m0/s1. The number of nitrogens with zero attached hydrogens (tertiary/aromatic N) is 1. The molecule has 3 amide bonds. The molecule has 4 rings (SSSR count). The zero-order chi connectivity index (χ0) is 28.2. The van der Waals surface area contributed by atoms with Crippen molar-refractivity contribution in [2.24, 2.45) is 0 Å². The number of aliphatic hydroxyl groups excluding tert-OH is 1. The Morgan fingerprint density at radius 3 is 2.67 bits per heavy atom. The molecule has 3 aliphatic rings. The van der Waals surface area contributed by atoms with Crippen LogP contribution in [0.15, 0.2) is 30.3 Å². The summed E-state index contributed by atoms with van der Waals surface area (Å²) < 4.78 is 51.2. The summed E-state index contributed by atoms with van der Waals surface area (Å²) in [6.07, 6.45) is -1.12. The number of halogens is 2. The molecule has 216 valence electrons. The van der Waals surface area contributed by atoms with E-state index in [2.05, 4.69) is 5.09 Å². The molecule has 1 aliphatic carbocycles. The van der Waals surface area contributed by atoms with E-state index in [0.717, 1.165) is 37.0 Å². The Morgan fingerprint density at radius 1 is 1.31 bits per heavy atom. The molecular weight excluding hydrogens is 560 g/mol. The molecule has 0 aromatic heterocycles. The number of urea groups is 1. The smallest absolute Gasteiger partial charge is 0.459 e. The third-order valence-electron chi connectivity index (χ3n) is 6.67. The topological polar surface area (TPSA) is 153 Å². The van der Waals surface area contributed by atoms with E-state index in [0.29, 0.717) is 0 Å². The van der Waals surface area contributed by atoms with Crippen LogP contribution < -0.4 is 14.9 Å². The zero-order valence-electron chi connectivity index (χ0n) is 21.3. The predicted molar refractivity (Wildman–Crippen MR) is 135 cm³/mol. The molecule has 1 aromatic rings. The normalized spacial score (nSPS) is 30.4. The molecule has 2 saturated heterocycles. The Labute approximate surface area is 230 Å². The maximum absolute atomic E-state index is 15.3. The van der Waals surface area contributed by atoms with Crippen molar-refractivity contribution in [3.63, 3.8) is 0 Å². The van der Waals surface area contributed by atoms with Crippen LogP contribution in [0.2, 0.25) is 0 Å². The van der Waals surface area contributed by atoms with Gasteiger partial charge in [0.15, 0.2) is 6.23 Å². The SMILES string of the molecule is C[C@H](NP(=O)(OC[C@H]1O[C@@H](N2CCC(=O)NC2=O)[C@@](F)(Cl)[C@@H]1O)Oc1ccccc1)C(=O)OC1CCCCC1. The van der Waals surface area contributed by atoms with Crippen LogP contribution in [-0.2, 0) is 28.2 Å². The van der Waals surface area contributed by atoms with Crippen molar-refractivity contribution in [2.75, 3.05) is 13.2 Å². The van der Waals surface area contributed by atoms with Crippen LogP contribution >= 0.6 is 19.3 Å². The molecule has 0 radical (unpaired) electrons. The van der Waals surface area contributed by atoms with Gasteiger partial charge in [0.1, 0.15) is 30.1 Å². The minimum atomic E-state index is -4.34. The first kappa shape index (κ1) is 29.7. The fourth-order valence-corrected chi connectivity index (χ4v) is 6.37. The van der Waals surface area contributed by atoms with Gasteiger partial charge in [0.25, 0.3) is 5.13 Å². The second-order valence-corrected chi connectivity index (χ2v) is 12.0. The number of imide groups is 1. The average Bonchev–Trinajstić information content (AvgIpc) is 3.12. The van der Waals surface area contributed by atoms with Crippen LogP contribution in [0.5, 0.6) is 5.75 Å². The van der Waals surface area contributed by atoms with Crippen LogP contribution in [0.3, 0.4) is 0 Å². The highest BCUT2D eigenvalue weighted by atomic mass is 35.5. The first-order valence-electron chi connectivity index (χ1n) is 12.8. The van der Waals surface area contributed by atoms with E-state index in [1.807, 2.05) is 5.32 Å². The lowest BCUT2D eigenvalue weighted by Crippen LogP contribution is -2.58. The molecule has 0 bridgehead atoms. The molecule has 6 atom stereocenters. The molecule has 1 saturated carbocycles. The first-order chi connectivity index (χ1) is 18.5. The molecule has 39 heavy (non-hydrogen) atoms. The van der Waals surface area contributed by atoms with Crippen molar-refractivity contribution in [2.45, 2.75) is 81.2 Å². The van der Waals surface area contributed by atoms with E-state index in [1.165, 1.54) is 19.1 Å². The van der Waals surface area contributed by atoms with Crippen LogP contribution in [0.4, 0.5) is 9.18 Å². The number of aliphatic hydroxyl groups is 1. The van der Waals surface area contributed by atoms with Gasteiger partial charge >= 0.3 is 19.7 Å². The molecule has 3 fully saturated rings. The van der Waals surface area contributed by atoms with Gasteiger partial charge in [-0.1, -0.05) is 36.2 Å². The minimum Gasteiger partial charge on any atom is -0.461 e. The lowest BCUT2D eigenvalue weighted by atomic mass is 9.98. The van der Waals surface area contributed by atoms with Gasteiger partial charge in [-0.3, -0.25) is 24.3 Å². The number of carbonyl (C=O) groups is 3. The largest absolute Gasteiger partial charge is 0.461 e. The van der Waals surface area contributed by atoms with Crippen LogP contribution in [0.1, 0.15) is 45.4 Å². The second kappa shape index (κ2) is 12.5. The maximum atomic E-state index is 15.3. The summed E-state index contributed by atoms with van der Waals surface area (Å²) in [5.74, 6) is -1.04. The van der Waals surface area contributed by atoms with Crippen molar-refractivity contribution in [3.05, 3.63) is 30.3 Å². The highest BCUT2D eigenvalue weighted by molar-refractivity contribution is 7.52. The van der Waals surface area contributed by atoms with E-state index in [9.17, 15) is 24.1 Å². The number of amides is 3. The van der Waals surface area contributed by atoms with Crippen molar-refractivity contribution in [1.82, 2.24) is 15.3 Å².